The Hall–Kier alpha value is -2.51. The van der Waals surface area contributed by atoms with E-state index in [1.165, 1.54) is 6.92 Å². The van der Waals surface area contributed by atoms with Crippen molar-refractivity contribution in [3.8, 4) is 5.75 Å². The number of aromatic nitrogens is 1. The number of pyridine rings is 1. The van der Waals surface area contributed by atoms with Crippen LogP contribution in [0.25, 0.3) is 0 Å². The van der Waals surface area contributed by atoms with Gasteiger partial charge in [0, 0.05) is 53.3 Å². The molecule has 1 atom stereocenters. The number of hydrogen-bond donors (Lipinski definition) is 2. The van der Waals surface area contributed by atoms with Gasteiger partial charge in [0.25, 0.3) is 0 Å². The fourth-order valence-electron chi connectivity index (χ4n) is 2.52. The largest absolute Gasteiger partial charge is 0.485 e. The van der Waals surface area contributed by atoms with Crippen molar-refractivity contribution in [2.24, 2.45) is 0 Å². The summed E-state index contributed by atoms with van der Waals surface area (Å²) in [5, 5.41) is 5.43. The lowest BCUT2D eigenvalue weighted by atomic mass is 10.3. The van der Waals surface area contributed by atoms with E-state index in [4.69, 9.17) is 4.74 Å². The number of amides is 3. The highest BCUT2D eigenvalue weighted by Gasteiger charge is 2.28. The summed E-state index contributed by atoms with van der Waals surface area (Å²) in [6.07, 6.45) is 2.46. The number of carbonyl (C=O) groups excluding carboxylic acids is 2. The van der Waals surface area contributed by atoms with Crippen molar-refractivity contribution in [2.45, 2.75) is 19.4 Å². The van der Waals surface area contributed by atoms with Gasteiger partial charge in [0.15, 0.2) is 11.6 Å². The SMILES string of the molecule is CC(=O)NCCNC(=O)N1CCC(Oc2cccnc2N(C)C)C1. The molecule has 2 rings (SSSR count). The molecule has 1 unspecified atom stereocenters. The van der Waals surface area contributed by atoms with Crippen LogP contribution in [0.4, 0.5) is 10.6 Å². The molecule has 1 aromatic heterocycles. The number of likely N-dealkylation sites (tertiary alicyclic amines) is 1. The van der Waals surface area contributed by atoms with Crippen molar-refractivity contribution in [3.63, 3.8) is 0 Å². The molecule has 0 radical (unpaired) electrons. The molecule has 8 nitrogen and oxygen atoms in total. The maximum Gasteiger partial charge on any atom is 0.317 e. The molecule has 3 amide bonds. The molecule has 0 spiro atoms. The van der Waals surface area contributed by atoms with Crippen molar-refractivity contribution in [2.75, 3.05) is 45.2 Å². The molecule has 0 bridgehead atoms. The molecule has 1 fully saturated rings. The zero-order valence-electron chi connectivity index (χ0n) is 14.4. The Morgan fingerprint density at radius 3 is 2.83 bits per heavy atom. The normalized spacial score (nSPS) is 16.6. The van der Waals surface area contributed by atoms with E-state index in [9.17, 15) is 9.59 Å². The van der Waals surface area contributed by atoms with E-state index in [-0.39, 0.29) is 18.0 Å². The van der Waals surface area contributed by atoms with Crippen molar-refractivity contribution in [1.82, 2.24) is 20.5 Å². The maximum absolute atomic E-state index is 12.1. The molecule has 1 saturated heterocycles. The van der Waals surface area contributed by atoms with E-state index in [0.29, 0.717) is 26.2 Å². The van der Waals surface area contributed by atoms with Crippen LogP contribution in [0, 0.1) is 0 Å². The van der Waals surface area contributed by atoms with Crippen LogP contribution in [-0.4, -0.2) is 68.2 Å². The summed E-state index contributed by atoms with van der Waals surface area (Å²) in [6, 6.07) is 3.59. The molecule has 1 aliphatic rings. The zero-order valence-corrected chi connectivity index (χ0v) is 14.4. The van der Waals surface area contributed by atoms with Gasteiger partial charge in [0.05, 0.1) is 6.54 Å². The fourth-order valence-corrected chi connectivity index (χ4v) is 2.52. The van der Waals surface area contributed by atoms with Gasteiger partial charge in [-0.15, -0.1) is 0 Å². The molecule has 0 aromatic carbocycles. The van der Waals surface area contributed by atoms with Gasteiger partial charge in [-0.25, -0.2) is 9.78 Å². The minimum atomic E-state index is -0.134. The van der Waals surface area contributed by atoms with Gasteiger partial charge in [0.1, 0.15) is 6.10 Å². The van der Waals surface area contributed by atoms with Crippen molar-refractivity contribution >= 4 is 17.8 Å². The van der Waals surface area contributed by atoms with Gasteiger partial charge in [-0.05, 0) is 12.1 Å². The molecule has 0 aliphatic carbocycles. The number of anilines is 1. The van der Waals surface area contributed by atoms with E-state index >= 15 is 0 Å². The number of urea groups is 1. The standard InChI is InChI=1S/C16H25N5O3/c1-12(22)17-8-9-19-16(23)21-10-6-13(11-21)24-14-5-4-7-18-15(14)20(2)3/h4-5,7,13H,6,8-11H2,1-3H3,(H,17,22)(H,19,23). The number of ether oxygens (including phenoxy) is 1. The highest BCUT2D eigenvalue weighted by atomic mass is 16.5. The summed E-state index contributed by atoms with van der Waals surface area (Å²) in [4.78, 5) is 30.8. The second-order valence-corrected chi connectivity index (χ2v) is 5.91. The average Bonchev–Trinajstić information content (AvgIpc) is 3.00. The molecular weight excluding hydrogens is 310 g/mol. The maximum atomic E-state index is 12.1. The van der Waals surface area contributed by atoms with E-state index in [1.54, 1.807) is 11.1 Å². The third kappa shape index (κ3) is 5.00. The van der Waals surface area contributed by atoms with E-state index < -0.39 is 0 Å². The molecule has 1 aliphatic heterocycles. The van der Waals surface area contributed by atoms with Crippen LogP contribution in [0.3, 0.4) is 0 Å². The average molecular weight is 335 g/mol. The fraction of sp³-hybridized carbons (Fsp3) is 0.562. The number of carbonyl (C=O) groups is 2. The summed E-state index contributed by atoms with van der Waals surface area (Å²) < 4.78 is 6.02. The summed E-state index contributed by atoms with van der Waals surface area (Å²) in [6.45, 7) is 3.47. The highest BCUT2D eigenvalue weighted by molar-refractivity contribution is 5.75. The third-order valence-electron chi connectivity index (χ3n) is 3.68. The molecule has 2 heterocycles. The van der Waals surface area contributed by atoms with Crippen molar-refractivity contribution in [3.05, 3.63) is 18.3 Å². The van der Waals surface area contributed by atoms with Crippen LogP contribution in [0.1, 0.15) is 13.3 Å². The number of rotatable bonds is 6. The molecule has 1 aromatic rings. The van der Waals surface area contributed by atoms with Crippen molar-refractivity contribution < 1.29 is 14.3 Å². The van der Waals surface area contributed by atoms with E-state index in [2.05, 4.69) is 15.6 Å². The first-order valence-corrected chi connectivity index (χ1v) is 8.03. The number of nitrogens with zero attached hydrogens (tertiary/aromatic N) is 3. The third-order valence-corrected chi connectivity index (χ3v) is 3.68. The van der Waals surface area contributed by atoms with Crippen LogP contribution in [0.2, 0.25) is 0 Å². The highest BCUT2D eigenvalue weighted by Crippen LogP contribution is 2.26. The zero-order chi connectivity index (χ0) is 17.5. The monoisotopic (exact) mass is 335 g/mol. The second-order valence-electron chi connectivity index (χ2n) is 5.91. The molecule has 132 valence electrons. The summed E-state index contributed by atoms with van der Waals surface area (Å²) in [7, 11) is 3.83. The van der Waals surface area contributed by atoms with E-state index in [0.717, 1.165) is 18.0 Å². The van der Waals surface area contributed by atoms with Gasteiger partial charge in [-0.1, -0.05) is 0 Å². The predicted molar refractivity (Wildman–Crippen MR) is 91.3 cm³/mol. The number of hydrogen-bond acceptors (Lipinski definition) is 5. The minimum absolute atomic E-state index is 0.0472. The van der Waals surface area contributed by atoms with Gasteiger partial charge in [0.2, 0.25) is 5.91 Å². The predicted octanol–water partition coefficient (Wildman–Crippen LogP) is 0.446. The van der Waals surface area contributed by atoms with Crippen LogP contribution < -0.4 is 20.3 Å². The van der Waals surface area contributed by atoms with Crippen LogP contribution in [-0.2, 0) is 4.79 Å². The summed E-state index contributed by atoms with van der Waals surface area (Å²) in [5.74, 6) is 1.39. The van der Waals surface area contributed by atoms with Crippen LogP contribution in [0.5, 0.6) is 5.75 Å². The van der Waals surface area contributed by atoms with Crippen LogP contribution >= 0.6 is 0 Å². The summed E-state index contributed by atoms with van der Waals surface area (Å²) >= 11 is 0. The minimum Gasteiger partial charge on any atom is -0.485 e. The van der Waals surface area contributed by atoms with E-state index in [1.807, 2.05) is 31.1 Å². The lowest BCUT2D eigenvalue weighted by molar-refractivity contribution is -0.118. The first kappa shape index (κ1) is 17.8. The Labute approximate surface area is 142 Å². The first-order chi connectivity index (χ1) is 11.5. The topological polar surface area (TPSA) is 86.8 Å². The molecule has 2 N–H and O–H groups in total. The molecule has 8 heteroatoms. The molecular formula is C16H25N5O3. The van der Waals surface area contributed by atoms with Gasteiger partial charge >= 0.3 is 6.03 Å². The Kier molecular flexibility index (Phi) is 6.22. The Balaban J connectivity index is 1.81. The quantitative estimate of drug-likeness (QED) is 0.737. The van der Waals surface area contributed by atoms with Gasteiger partial charge in [-0.3, -0.25) is 4.79 Å². The lowest BCUT2D eigenvalue weighted by Gasteiger charge is -2.20. The molecule has 0 saturated carbocycles. The Morgan fingerprint density at radius 2 is 2.12 bits per heavy atom. The summed E-state index contributed by atoms with van der Waals surface area (Å²) in [5.41, 5.74) is 0. The van der Waals surface area contributed by atoms with Crippen LogP contribution in [0.15, 0.2) is 18.3 Å². The van der Waals surface area contributed by atoms with Gasteiger partial charge in [-0.2, -0.15) is 0 Å². The van der Waals surface area contributed by atoms with Crippen molar-refractivity contribution in [1.29, 1.82) is 0 Å². The van der Waals surface area contributed by atoms with Gasteiger partial charge < -0.3 is 25.2 Å². The Morgan fingerprint density at radius 1 is 1.38 bits per heavy atom. The first-order valence-electron chi connectivity index (χ1n) is 8.03. The Bertz CT molecular complexity index is 579. The molecule has 24 heavy (non-hydrogen) atoms. The lowest BCUT2D eigenvalue weighted by Crippen LogP contribution is -2.42. The second kappa shape index (κ2) is 8.37. The number of nitrogens with one attached hydrogen (secondary N) is 2. The smallest absolute Gasteiger partial charge is 0.317 e.